The highest BCUT2D eigenvalue weighted by Crippen LogP contribution is 2.36. The van der Waals surface area contributed by atoms with Gasteiger partial charge in [-0.3, -0.25) is 0 Å². The number of fused-ring (bicyclic) bond motifs is 1. The van der Waals surface area contributed by atoms with Gasteiger partial charge in [0.05, 0.1) is 10.6 Å². The molecule has 2 aliphatic rings. The summed E-state index contributed by atoms with van der Waals surface area (Å²) in [7, 11) is 0. The summed E-state index contributed by atoms with van der Waals surface area (Å²) in [5.74, 6) is 0.872. The van der Waals surface area contributed by atoms with E-state index in [9.17, 15) is 0 Å². The number of nitrogens with zero attached hydrogens (tertiary/aromatic N) is 4. The number of aryl methyl sites for hydroxylation is 1. The van der Waals surface area contributed by atoms with Gasteiger partial charge in [-0.05, 0) is 44.7 Å². The van der Waals surface area contributed by atoms with Crippen LogP contribution in [0.15, 0.2) is 12.1 Å². The number of nitriles is 1. The number of thiophene rings is 1. The molecule has 3 heterocycles. The largest absolute Gasteiger partial charge is 0.338 e. The molecule has 1 saturated heterocycles. The van der Waals surface area contributed by atoms with Crippen LogP contribution in [0.3, 0.4) is 0 Å². The van der Waals surface area contributed by atoms with Crippen LogP contribution in [0.4, 0.5) is 5.95 Å². The fraction of sp³-hybridized carbons (Fsp3) is 0.438. The van der Waals surface area contributed by atoms with E-state index in [0.29, 0.717) is 6.04 Å². The lowest BCUT2D eigenvalue weighted by atomic mass is 10.1. The Morgan fingerprint density at radius 1 is 1.33 bits per heavy atom. The molecule has 4 nitrogen and oxygen atoms in total. The Kier molecular flexibility index (Phi) is 2.93. The highest BCUT2D eigenvalue weighted by molar-refractivity contribution is 7.16. The number of hydrogen-bond acceptors (Lipinski definition) is 5. The second-order valence-corrected chi connectivity index (χ2v) is 6.84. The average molecular weight is 296 g/mol. The van der Waals surface area contributed by atoms with Gasteiger partial charge in [0.25, 0.3) is 0 Å². The number of rotatable bonds is 2. The SMILES string of the molecule is C[C@H]1CCN1c1nc2c(c(-c3ccc(C#N)s3)n1)CCC2. The molecule has 2 aromatic heterocycles. The Balaban J connectivity index is 1.83. The van der Waals surface area contributed by atoms with E-state index in [2.05, 4.69) is 17.9 Å². The first kappa shape index (κ1) is 12.8. The molecule has 5 heteroatoms. The van der Waals surface area contributed by atoms with Gasteiger partial charge in [0.15, 0.2) is 0 Å². The summed E-state index contributed by atoms with van der Waals surface area (Å²) in [5, 5.41) is 9.04. The van der Waals surface area contributed by atoms with E-state index in [4.69, 9.17) is 15.2 Å². The summed E-state index contributed by atoms with van der Waals surface area (Å²) in [6.07, 6.45) is 4.48. The smallest absolute Gasteiger partial charge is 0.226 e. The van der Waals surface area contributed by atoms with Crippen LogP contribution in [0.25, 0.3) is 10.6 Å². The number of aromatic nitrogens is 2. The van der Waals surface area contributed by atoms with Gasteiger partial charge in [-0.2, -0.15) is 5.26 Å². The third kappa shape index (κ3) is 2.02. The molecule has 1 aliphatic carbocycles. The van der Waals surface area contributed by atoms with Crippen molar-refractivity contribution in [1.29, 1.82) is 5.26 Å². The van der Waals surface area contributed by atoms with Crippen LogP contribution in [0.2, 0.25) is 0 Å². The minimum absolute atomic E-state index is 0.537. The Hall–Kier alpha value is -1.93. The van der Waals surface area contributed by atoms with E-state index >= 15 is 0 Å². The molecule has 0 radical (unpaired) electrons. The molecule has 0 bridgehead atoms. The summed E-state index contributed by atoms with van der Waals surface area (Å²) in [6.45, 7) is 3.27. The van der Waals surface area contributed by atoms with Crippen LogP contribution in [0.5, 0.6) is 0 Å². The third-order valence-corrected chi connectivity index (χ3v) is 5.44. The van der Waals surface area contributed by atoms with E-state index < -0.39 is 0 Å². The van der Waals surface area contributed by atoms with E-state index in [1.54, 1.807) is 0 Å². The maximum atomic E-state index is 9.04. The quantitative estimate of drug-likeness (QED) is 0.854. The first-order chi connectivity index (χ1) is 10.3. The van der Waals surface area contributed by atoms with Gasteiger partial charge < -0.3 is 4.90 Å². The highest BCUT2D eigenvalue weighted by Gasteiger charge is 2.29. The Morgan fingerprint density at radius 3 is 2.90 bits per heavy atom. The lowest BCUT2D eigenvalue weighted by molar-refractivity contribution is 0.470. The first-order valence-corrected chi connectivity index (χ1v) is 8.24. The van der Waals surface area contributed by atoms with Crippen LogP contribution in [-0.2, 0) is 12.8 Å². The number of anilines is 1. The molecular formula is C16H16N4S. The van der Waals surface area contributed by atoms with Crippen molar-refractivity contribution in [2.24, 2.45) is 0 Å². The van der Waals surface area contributed by atoms with Crippen LogP contribution in [0.1, 0.15) is 35.9 Å². The van der Waals surface area contributed by atoms with Crippen molar-refractivity contribution in [3.05, 3.63) is 28.3 Å². The molecular weight excluding hydrogens is 280 g/mol. The van der Waals surface area contributed by atoms with Crippen molar-refractivity contribution in [2.75, 3.05) is 11.4 Å². The van der Waals surface area contributed by atoms with Crippen LogP contribution in [0, 0.1) is 11.3 Å². The second kappa shape index (κ2) is 4.81. The Labute approximate surface area is 128 Å². The highest BCUT2D eigenvalue weighted by atomic mass is 32.1. The van der Waals surface area contributed by atoms with Crippen LogP contribution < -0.4 is 4.90 Å². The van der Waals surface area contributed by atoms with Gasteiger partial charge >= 0.3 is 0 Å². The third-order valence-electron chi connectivity index (χ3n) is 4.45. The van der Waals surface area contributed by atoms with Crippen molar-refractivity contribution < 1.29 is 0 Å². The van der Waals surface area contributed by atoms with Crippen LogP contribution in [-0.4, -0.2) is 22.6 Å². The maximum absolute atomic E-state index is 9.04. The second-order valence-electron chi connectivity index (χ2n) is 5.76. The van der Waals surface area contributed by atoms with E-state index in [1.165, 1.54) is 29.0 Å². The van der Waals surface area contributed by atoms with Crippen molar-refractivity contribution in [1.82, 2.24) is 9.97 Å². The minimum atomic E-state index is 0.537. The molecule has 2 aromatic rings. The van der Waals surface area contributed by atoms with Crippen molar-refractivity contribution in [3.8, 4) is 16.6 Å². The fourth-order valence-electron chi connectivity index (χ4n) is 3.09. The topological polar surface area (TPSA) is 52.8 Å². The Morgan fingerprint density at radius 2 is 2.24 bits per heavy atom. The first-order valence-electron chi connectivity index (χ1n) is 7.43. The van der Waals surface area contributed by atoms with Gasteiger partial charge in [-0.15, -0.1) is 11.3 Å². The number of hydrogen-bond donors (Lipinski definition) is 0. The van der Waals surface area contributed by atoms with Gasteiger partial charge in [0, 0.05) is 23.8 Å². The maximum Gasteiger partial charge on any atom is 0.226 e. The fourth-order valence-corrected chi connectivity index (χ4v) is 3.91. The summed E-state index contributed by atoms with van der Waals surface area (Å²) in [5.41, 5.74) is 3.55. The minimum Gasteiger partial charge on any atom is -0.338 e. The molecule has 1 atom stereocenters. The zero-order chi connectivity index (χ0) is 14.4. The monoisotopic (exact) mass is 296 g/mol. The average Bonchev–Trinajstić information content (AvgIpc) is 3.13. The molecule has 0 spiro atoms. The standard InChI is InChI=1S/C16H16N4S/c1-10-7-8-20(10)16-18-13-4-2-3-12(13)15(19-16)14-6-5-11(9-17)21-14/h5-6,10H,2-4,7-8H2,1H3/t10-/m0/s1. The molecule has 0 unspecified atom stereocenters. The molecule has 0 aromatic carbocycles. The molecule has 1 fully saturated rings. The zero-order valence-electron chi connectivity index (χ0n) is 12.0. The van der Waals surface area contributed by atoms with Crippen LogP contribution >= 0.6 is 11.3 Å². The Bertz CT molecular complexity index is 743. The van der Waals surface area contributed by atoms with E-state index in [-0.39, 0.29) is 0 Å². The van der Waals surface area contributed by atoms with Gasteiger partial charge in [-0.1, -0.05) is 0 Å². The summed E-state index contributed by atoms with van der Waals surface area (Å²) in [4.78, 5) is 13.8. The summed E-state index contributed by atoms with van der Waals surface area (Å²) >= 11 is 1.53. The molecule has 4 rings (SSSR count). The normalized spacial score (nSPS) is 20.0. The molecule has 0 saturated carbocycles. The lowest BCUT2D eigenvalue weighted by Crippen LogP contribution is -2.46. The molecule has 0 amide bonds. The van der Waals surface area contributed by atoms with E-state index in [1.807, 2.05) is 12.1 Å². The lowest BCUT2D eigenvalue weighted by Gasteiger charge is -2.39. The predicted octanol–water partition coefficient (Wildman–Crippen LogP) is 3.16. The predicted molar refractivity (Wildman–Crippen MR) is 83.5 cm³/mol. The van der Waals surface area contributed by atoms with Crippen molar-refractivity contribution in [3.63, 3.8) is 0 Å². The zero-order valence-corrected chi connectivity index (χ0v) is 12.8. The van der Waals surface area contributed by atoms with Gasteiger partial charge in [0.1, 0.15) is 10.9 Å². The summed E-state index contributed by atoms with van der Waals surface area (Å²) < 4.78 is 0. The van der Waals surface area contributed by atoms with Gasteiger partial charge in [-0.25, -0.2) is 9.97 Å². The molecule has 106 valence electrons. The van der Waals surface area contributed by atoms with Gasteiger partial charge in [0.2, 0.25) is 5.95 Å². The molecule has 1 aliphatic heterocycles. The van der Waals surface area contributed by atoms with Crippen molar-refractivity contribution >= 4 is 17.3 Å². The molecule has 21 heavy (non-hydrogen) atoms. The molecule has 0 N–H and O–H groups in total. The van der Waals surface area contributed by atoms with Crippen molar-refractivity contribution in [2.45, 2.75) is 38.6 Å². The van der Waals surface area contributed by atoms with E-state index in [0.717, 1.165) is 47.2 Å². The summed E-state index contributed by atoms with van der Waals surface area (Å²) in [6, 6.07) is 6.66.